The van der Waals surface area contributed by atoms with E-state index in [1.165, 1.54) is 11.8 Å². The molecule has 0 saturated carbocycles. The average Bonchev–Trinajstić information content (AvgIpc) is 2.48. The van der Waals surface area contributed by atoms with Gasteiger partial charge in [-0.15, -0.1) is 11.8 Å². The van der Waals surface area contributed by atoms with E-state index in [1.807, 2.05) is 24.3 Å². The van der Waals surface area contributed by atoms with E-state index in [0.29, 0.717) is 36.8 Å². The Hall–Kier alpha value is -0.750. The predicted octanol–water partition coefficient (Wildman–Crippen LogP) is 2.23. The van der Waals surface area contributed by atoms with Crippen molar-refractivity contribution >= 4 is 29.3 Å². The molecule has 0 spiro atoms. The Morgan fingerprint density at radius 2 is 2.19 bits per heavy atom. The van der Waals surface area contributed by atoms with Gasteiger partial charge in [-0.2, -0.15) is 0 Å². The molecule has 0 bridgehead atoms. The van der Waals surface area contributed by atoms with Crippen LogP contribution in [0.15, 0.2) is 24.3 Å². The molecule has 0 aliphatic carbocycles. The van der Waals surface area contributed by atoms with Gasteiger partial charge in [0.1, 0.15) is 0 Å². The fourth-order valence-corrected chi connectivity index (χ4v) is 3.29. The van der Waals surface area contributed by atoms with Gasteiger partial charge in [0.15, 0.2) is 0 Å². The molecule has 1 saturated heterocycles. The zero-order valence-electron chi connectivity index (χ0n) is 11.8. The maximum atomic E-state index is 12.0. The average molecular weight is 330 g/mol. The SMILES string of the molecule is O=C(CSCc1cccc(Cl)c1)NC1(CO)CCOCC1. The molecule has 116 valence electrons. The van der Waals surface area contributed by atoms with E-state index in [9.17, 15) is 9.90 Å². The molecule has 1 aromatic carbocycles. The summed E-state index contributed by atoms with van der Waals surface area (Å²) in [6.07, 6.45) is 1.32. The number of nitrogens with one attached hydrogen (secondary N) is 1. The van der Waals surface area contributed by atoms with Crippen molar-refractivity contribution in [2.24, 2.45) is 0 Å². The van der Waals surface area contributed by atoms with Crippen molar-refractivity contribution < 1.29 is 14.6 Å². The van der Waals surface area contributed by atoms with Gasteiger partial charge in [-0.1, -0.05) is 23.7 Å². The van der Waals surface area contributed by atoms with Crippen LogP contribution in [-0.2, 0) is 15.3 Å². The summed E-state index contributed by atoms with van der Waals surface area (Å²) < 4.78 is 5.28. The molecule has 0 unspecified atom stereocenters. The first-order valence-corrected chi connectivity index (χ1v) is 8.49. The van der Waals surface area contributed by atoms with Crippen LogP contribution in [0.25, 0.3) is 0 Å². The Bertz CT molecular complexity index is 478. The second kappa shape index (κ2) is 8.03. The van der Waals surface area contributed by atoms with Crippen LogP contribution in [0.2, 0.25) is 5.02 Å². The Morgan fingerprint density at radius 1 is 1.43 bits per heavy atom. The molecule has 0 aromatic heterocycles. The molecule has 0 radical (unpaired) electrons. The van der Waals surface area contributed by atoms with Crippen LogP contribution in [0.3, 0.4) is 0 Å². The number of hydrogen-bond acceptors (Lipinski definition) is 4. The highest BCUT2D eigenvalue weighted by Crippen LogP contribution is 2.21. The summed E-state index contributed by atoms with van der Waals surface area (Å²) in [5.41, 5.74) is 0.592. The molecule has 4 nitrogen and oxygen atoms in total. The van der Waals surface area contributed by atoms with Gasteiger partial charge in [-0.25, -0.2) is 0 Å². The van der Waals surface area contributed by atoms with Crippen molar-refractivity contribution in [3.63, 3.8) is 0 Å². The van der Waals surface area contributed by atoms with Gasteiger partial charge in [0, 0.05) is 24.0 Å². The monoisotopic (exact) mass is 329 g/mol. The number of benzene rings is 1. The first-order chi connectivity index (χ1) is 10.1. The van der Waals surface area contributed by atoms with Crippen molar-refractivity contribution in [3.05, 3.63) is 34.9 Å². The standard InChI is InChI=1S/C15H20ClNO3S/c16-13-3-1-2-12(8-13)9-21-10-14(19)17-15(11-18)4-6-20-7-5-15/h1-3,8,18H,4-7,9-11H2,(H,17,19). The molecule has 21 heavy (non-hydrogen) atoms. The largest absolute Gasteiger partial charge is 0.394 e. The first-order valence-electron chi connectivity index (χ1n) is 6.95. The third kappa shape index (κ3) is 5.18. The molecule has 6 heteroatoms. The Kier molecular flexibility index (Phi) is 6.36. The molecule has 1 aliphatic rings. The summed E-state index contributed by atoms with van der Waals surface area (Å²) in [7, 11) is 0. The van der Waals surface area contributed by atoms with Crippen LogP contribution >= 0.6 is 23.4 Å². The first kappa shape index (κ1) is 16.6. The topological polar surface area (TPSA) is 58.6 Å². The third-order valence-electron chi connectivity index (χ3n) is 3.55. The van der Waals surface area contributed by atoms with Gasteiger partial charge in [-0.05, 0) is 30.5 Å². The summed E-state index contributed by atoms with van der Waals surface area (Å²) in [6, 6.07) is 7.63. The van der Waals surface area contributed by atoms with E-state index in [4.69, 9.17) is 16.3 Å². The van der Waals surface area contributed by atoms with Crippen LogP contribution in [0, 0.1) is 0 Å². The lowest BCUT2D eigenvalue weighted by atomic mass is 9.91. The lowest BCUT2D eigenvalue weighted by Crippen LogP contribution is -2.55. The van der Waals surface area contributed by atoms with Crippen molar-refractivity contribution in [1.82, 2.24) is 5.32 Å². The Labute approximate surface area is 134 Å². The van der Waals surface area contributed by atoms with Gasteiger partial charge >= 0.3 is 0 Å². The molecule has 1 amide bonds. The van der Waals surface area contributed by atoms with Crippen molar-refractivity contribution in [2.75, 3.05) is 25.6 Å². The third-order valence-corrected chi connectivity index (χ3v) is 4.79. The van der Waals surface area contributed by atoms with Gasteiger partial charge in [0.05, 0.1) is 17.9 Å². The number of hydrogen-bond donors (Lipinski definition) is 2. The minimum absolute atomic E-state index is 0.0406. The fourth-order valence-electron chi connectivity index (χ4n) is 2.30. The zero-order chi connectivity index (χ0) is 15.1. The summed E-state index contributed by atoms with van der Waals surface area (Å²) in [5.74, 6) is 1.07. The van der Waals surface area contributed by atoms with Crippen molar-refractivity contribution in [2.45, 2.75) is 24.1 Å². The van der Waals surface area contributed by atoms with Gasteiger partial charge in [0.25, 0.3) is 0 Å². The number of halogens is 1. The number of rotatable bonds is 6. The van der Waals surface area contributed by atoms with Gasteiger partial charge in [0.2, 0.25) is 5.91 Å². The highest BCUT2D eigenvalue weighted by molar-refractivity contribution is 7.99. The minimum atomic E-state index is -0.508. The van der Waals surface area contributed by atoms with E-state index in [-0.39, 0.29) is 12.5 Å². The zero-order valence-corrected chi connectivity index (χ0v) is 13.4. The lowest BCUT2D eigenvalue weighted by Gasteiger charge is -2.36. The lowest BCUT2D eigenvalue weighted by molar-refractivity contribution is -0.122. The van der Waals surface area contributed by atoms with Crippen LogP contribution in [0.5, 0.6) is 0 Å². The number of ether oxygens (including phenoxy) is 1. The fraction of sp³-hybridized carbons (Fsp3) is 0.533. The number of carbonyl (C=O) groups is 1. The van der Waals surface area contributed by atoms with E-state index in [1.54, 1.807) is 0 Å². The second-order valence-corrected chi connectivity index (χ2v) is 6.64. The Balaban J connectivity index is 1.76. The maximum absolute atomic E-state index is 12.0. The van der Waals surface area contributed by atoms with Crippen molar-refractivity contribution in [1.29, 1.82) is 0 Å². The minimum Gasteiger partial charge on any atom is -0.394 e. The van der Waals surface area contributed by atoms with Crippen molar-refractivity contribution in [3.8, 4) is 0 Å². The quantitative estimate of drug-likeness (QED) is 0.840. The van der Waals surface area contributed by atoms with E-state index in [2.05, 4.69) is 5.32 Å². The Morgan fingerprint density at radius 3 is 2.86 bits per heavy atom. The molecule has 0 atom stereocenters. The van der Waals surface area contributed by atoms with Crippen LogP contribution in [0.4, 0.5) is 0 Å². The number of thioether (sulfide) groups is 1. The van der Waals surface area contributed by atoms with E-state index >= 15 is 0 Å². The summed E-state index contributed by atoms with van der Waals surface area (Å²) in [5, 5.41) is 13.2. The molecule has 1 aromatic rings. The molecule has 2 rings (SSSR count). The predicted molar refractivity (Wildman–Crippen MR) is 85.6 cm³/mol. The van der Waals surface area contributed by atoms with Crippen LogP contribution in [-0.4, -0.2) is 42.1 Å². The molecule has 1 heterocycles. The number of aliphatic hydroxyl groups is 1. The molecule has 1 aliphatic heterocycles. The smallest absolute Gasteiger partial charge is 0.230 e. The summed E-state index contributed by atoms with van der Waals surface area (Å²) in [4.78, 5) is 12.0. The molecular weight excluding hydrogens is 310 g/mol. The second-order valence-electron chi connectivity index (χ2n) is 5.22. The highest BCUT2D eigenvalue weighted by Gasteiger charge is 2.33. The summed E-state index contributed by atoms with van der Waals surface area (Å²) >= 11 is 7.46. The molecule has 1 fully saturated rings. The normalized spacial score (nSPS) is 17.4. The van der Waals surface area contributed by atoms with E-state index < -0.39 is 5.54 Å². The van der Waals surface area contributed by atoms with Gasteiger partial charge in [-0.3, -0.25) is 4.79 Å². The summed E-state index contributed by atoms with van der Waals surface area (Å²) in [6.45, 7) is 1.12. The maximum Gasteiger partial charge on any atom is 0.230 e. The number of carbonyl (C=O) groups excluding carboxylic acids is 1. The molecular formula is C15H20ClNO3S. The van der Waals surface area contributed by atoms with Crippen LogP contribution < -0.4 is 5.32 Å². The van der Waals surface area contributed by atoms with E-state index in [0.717, 1.165) is 11.3 Å². The van der Waals surface area contributed by atoms with Gasteiger partial charge < -0.3 is 15.2 Å². The number of aliphatic hydroxyl groups excluding tert-OH is 1. The molecule has 2 N–H and O–H groups in total. The highest BCUT2D eigenvalue weighted by atomic mass is 35.5. The van der Waals surface area contributed by atoms with Crippen LogP contribution in [0.1, 0.15) is 18.4 Å². The number of amides is 1.